The molecule has 1 aromatic heterocycles. The van der Waals surface area contributed by atoms with Crippen molar-refractivity contribution in [2.75, 3.05) is 20.1 Å². The molecule has 0 aliphatic heterocycles. The summed E-state index contributed by atoms with van der Waals surface area (Å²) < 4.78 is 0. The van der Waals surface area contributed by atoms with E-state index in [1.807, 2.05) is 11.9 Å². The van der Waals surface area contributed by atoms with Crippen LogP contribution in [0.1, 0.15) is 38.0 Å². The van der Waals surface area contributed by atoms with Crippen molar-refractivity contribution in [3.63, 3.8) is 0 Å². The third-order valence-corrected chi connectivity index (χ3v) is 4.84. The van der Waals surface area contributed by atoms with Crippen molar-refractivity contribution in [1.29, 1.82) is 0 Å². The first-order valence-corrected chi connectivity index (χ1v) is 8.39. The summed E-state index contributed by atoms with van der Waals surface area (Å²) in [5.41, 5.74) is 5.64. The quantitative estimate of drug-likeness (QED) is 0.761. The number of rotatable bonds is 9. The van der Waals surface area contributed by atoms with Crippen LogP contribution in [0.4, 0.5) is 0 Å². The van der Waals surface area contributed by atoms with E-state index in [2.05, 4.69) is 31.4 Å². The second-order valence-electron chi connectivity index (χ2n) is 5.76. The molecule has 1 aromatic rings. The fourth-order valence-electron chi connectivity index (χ4n) is 2.38. The number of nitrogens with zero attached hydrogens (tertiary/aromatic N) is 1. The van der Waals surface area contributed by atoms with E-state index in [0.29, 0.717) is 24.8 Å². The van der Waals surface area contributed by atoms with Gasteiger partial charge in [0, 0.05) is 24.9 Å². The maximum Gasteiger partial charge on any atom is 0.222 e. The molecule has 0 saturated heterocycles. The lowest BCUT2D eigenvalue weighted by Crippen LogP contribution is -2.29. The molecule has 1 atom stereocenters. The Morgan fingerprint density at radius 3 is 2.70 bits per heavy atom. The fraction of sp³-hybridized carbons (Fsp3) is 0.688. The number of likely N-dealkylation sites (N-methyl/N-ethyl adjacent to an activating group) is 1. The molecule has 1 rings (SSSR count). The second kappa shape index (κ2) is 9.14. The Morgan fingerprint density at radius 2 is 2.15 bits per heavy atom. The van der Waals surface area contributed by atoms with Crippen molar-refractivity contribution in [3.8, 4) is 0 Å². The molecule has 0 saturated carbocycles. The zero-order chi connectivity index (χ0) is 15.0. The molecule has 0 spiro atoms. The van der Waals surface area contributed by atoms with E-state index in [4.69, 9.17) is 5.73 Å². The monoisotopic (exact) mass is 296 g/mol. The van der Waals surface area contributed by atoms with E-state index in [0.717, 1.165) is 25.8 Å². The number of hydrogen-bond donors (Lipinski definition) is 1. The molecule has 1 heterocycles. The Hall–Kier alpha value is -0.870. The predicted octanol–water partition coefficient (Wildman–Crippen LogP) is 3.15. The Kier molecular flexibility index (Phi) is 7.85. The van der Waals surface area contributed by atoms with Crippen LogP contribution in [0.3, 0.4) is 0 Å². The first-order valence-electron chi connectivity index (χ1n) is 7.51. The molecular weight excluding hydrogens is 268 g/mol. The van der Waals surface area contributed by atoms with Crippen LogP contribution in [-0.4, -0.2) is 30.9 Å². The van der Waals surface area contributed by atoms with Crippen molar-refractivity contribution in [2.45, 2.75) is 39.5 Å². The van der Waals surface area contributed by atoms with Gasteiger partial charge in [-0.25, -0.2) is 0 Å². The van der Waals surface area contributed by atoms with Crippen LogP contribution < -0.4 is 5.73 Å². The van der Waals surface area contributed by atoms with Gasteiger partial charge in [0.15, 0.2) is 0 Å². The second-order valence-corrected chi connectivity index (χ2v) is 6.80. The average molecular weight is 296 g/mol. The highest BCUT2D eigenvalue weighted by Gasteiger charge is 2.16. The molecule has 4 heteroatoms. The smallest absolute Gasteiger partial charge is 0.222 e. The molecule has 0 bridgehead atoms. The molecule has 0 radical (unpaired) electrons. The van der Waals surface area contributed by atoms with Gasteiger partial charge < -0.3 is 10.6 Å². The Morgan fingerprint density at radius 1 is 1.40 bits per heavy atom. The van der Waals surface area contributed by atoms with Crippen LogP contribution in [0.15, 0.2) is 17.5 Å². The zero-order valence-corrected chi connectivity index (χ0v) is 13.8. The van der Waals surface area contributed by atoms with Gasteiger partial charge in [0.1, 0.15) is 0 Å². The number of thiophene rings is 1. The van der Waals surface area contributed by atoms with Crippen LogP contribution in [0, 0.1) is 11.8 Å². The van der Waals surface area contributed by atoms with Crippen LogP contribution in [0.2, 0.25) is 0 Å². The normalized spacial score (nSPS) is 12.7. The minimum absolute atomic E-state index is 0.254. The molecule has 3 nitrogen and oxygen atoms in total. The fourth-order valence-corrected chi connectivity index (χ4v) is 3.08. The minimum Gasteiger partial charge on any atom is -0.345 e. The number of carbonyl (C=O) groups is 1. The largest absolute Gasteiger partial charge is 0.345 e. The van der Waals surface area contributed by atoms with Gasteiger partial charge in [0.2, 0.25) is 5.91 Å². The van der Waals surface area contributed by atoms with Gasteiger partial charge in [-0.1, -0.05) is 19.9 Å². The highest BCUT2D eigenvalue weighted by molar-refractivity contribution is 7.09. The minimum atomic E-state index is 0.254. The van der Waals surface area contributed by atoms with Crippen LogP contribution >= 0.6 is 11.3 Å². The Labute approximate surface area is 127 Å². The topological polar surface area (TPSA) is 46.3 Å². The van der Waals surface area contributed by atoms with Gasteiger partial charge in [-0.3, -0.25) is 4.79 Å². The highest BCUT2D eigenvalue weighted by Crippen LogP contribution is 2.20. The highest BCUT2D eigenvalue weighted by atomic mass is 32.1. The molecule has 0 aliphatic carbocycles. The molecule has 0 aromatic carbocycles. The number of amides is 1. The molecule has 2 N–H and O–H groups in total. The summed E-state index contributed by atoms with van der Waals surface area (Å²) >= 11 is 1.75. The maximum atomic E-state index is 12.1. The first-order chi connectivity index (χ1) is 9.54. The van der Waals surface area contributed by atoms with E-state index in [-0.39, 0.29) is 5.91 Å². The molecule has 20 heavy (non-hydrogen) atoms. The van der Waals surface area contributed by atoms with E-state index >= 15 is 0 Å². The van der Waals surface area contributed by atoms with Crippen LogP contribution in [0.5, 0.6) is 0 Å². The Bertz CT molecular complexity index is 376. The lowest BCUT2D eigenvalue weighted by Gasteiger charge is -2.22. The van der Waals surface area contributed by atoms with Crippen LogP contribution in [-0.2, 0) is 11.2 Å². The average Bonchev–Trinajstić information content (AvgIpc) is 2.93. The zero-order valence-electron chi connectivity index (χ0n) is 13.0. The lowest BCUT2D eigenvalue weighted by molar-refractivity contribution is -0.130. The third kappa shape index (κ3) is 6.06. The number of carbonyl (C=O) groups excluding carboxylic acids is 1. The summed E-state index contributed by atoms with van der Waals surface area (Å²) in [6.07, 6.45) is 3.57. The van der Waals surface area contributed by atoms with Gasteiger partial charge >= 0.3 is 0 Å². The van der Waals surface area contributed by atoms with E-state index in [9.17, 15) is 4.79 Å². The van der Waals surface area contributed by atoms with Crippen molar-refractivity contribution in [1.82, 2.24) is 4.90 Å². The van der Waals surface area contributed by atoms with Crippen molar-refractivity contribution in [2.24, 2.45) is 17.6 Å². The summed E-state index contributed by atoms with van der Waals surface area (Å²) in [5.74, 6) is 1.42. The van der Waals surface area contributed by atoms with Crippen LogP contribution in [0.25, 0.3) is 0 Å². The van der Waals surface area contributed by atoms with E-state index in [1.54, 1.807) is 11.3 Å². The molecule has 1 unspecified atom stereocenters. The summed E-state index contributed by atoms with van der Waals surface area (Å²) in [6, 6.07) is 4.18. The molecule has 0 fully saturated rings. The molecule has 114 valence electrons. The van der Waals surface area contributed by atoms with Gasteiger partial charge in [-0.05, 0) is 49.1 Å². The van der Waals surface area contributed by atoms with Crippen molar-refractivity contribution in [3.05, 3.63) is 22.4 Å². The van der Waals surface area contributed by atoms with Gasteiger partial charge in [-0.2, -0.15) is 0 Å². The van der Waals surface area contributed by atoms with Crippen molar-refractivity contribution >= 4 is 17.2 Å². The van der Waals surface area contributed by atoms with Gasteiger partial charge in [-0.15, -0.1) is 11.3 Å². The van der Waals surface area contributed by atoms with Gasteiger partial charge in [0.05, 0.1) is 0 Å². The lowest BCUT2D eigenvalue weighted by atomic mass is 9.88. The maximum absolute atomic E-state index is 12.1. The standard InChI is InChI=1S/C16H28N2OS/c1-13(2)14(8-10-17)6-7-16(19)18(3)11-9-15-5-4-12-20-15/h4-5,12-14H,6-11,17H2,1-3H3. The number of hydrogen-bond acceptors (Lipinski definition) is 3. The summed E-state index contributed by atoms with van der Waals surface area (Å²) in [7, 11) is 1.91. The van der Waals surface area contributed by atoms with Gasteiger partial charge in [0.25, 0.3) is 0 Å². The first kappa shape index (κ1) is 17.2. The van der Waals surface area contributed by atoms with Crippen molar-refractivity contribution < 1.29 is 4.79 Å². The summed E-state index contributed by atoms with van der Waals surface area (Å²) in [5, 5.41) is 2.08. The summed E-state index contributed by atoms with van der Waals surface area (Å²) in [4.78, 5) is 15.3. The van der Waals surface area contributed by atoms with E-state index in [1.165, 1.54) is 4.88 Å². The summed E-state index contributed by atoms with van der Waals surface area (Å²) in [6.45, 7) is 5.95. The molecule has 0 aliphatic rings. The third-order valence-electron chi connectivity index (χ3n) is 3.91. The Balaban J connectivity index is 2.29. The predicted molar refractivity (Wildman–Crippen MR) is 86.9 cm³/mol. The SMILES string of the molecule is CC(C)C(CCN)CCC(=O)N(C)CCc1cccs1. The number of nitrogens with two attached hydrogens (primary N) is 1. The molecule has 1 amide bonds. The van der Waals surface area contributed by atoms with E-state index < -0.39 is 0 Å². The molecular formula is C16H28N2OS.